The van der Waals surface area contributed by atoms with Crippen LogP contribution < -0.4 is 5.32 Å². The highest BCUT2D eigenvalue weighted by molar-refractivity contribution is 6.31. The minimum atomic E-state index is -3.07. The number of aromatic nitrogens is 3. The van der Waals surface area contributed by atoms with Crippen LogP contribution in [0, 0.1) is 12.7 Å². The molecule has 0 saturated carbocycles. The van der Waals surface area contributed by atoms with Crippen molar-refractivity contribution in [1.82, 2.24) is 14.8 Å². The summed E-state index contributed by atoms with van der Waals surface area (Å²) in [5.74, 6) is -1.33. The highest BCUT2D eigenvalue weighted by Gasteiger charge is 2.24. The van der Waals surface area contributed by atoms with Crippen LogP contribution in [-0.2, 0) is 11.3 Å². The Hall–Kier alpha value is -2.75. The van der Waals surface area contributed by atoms with E-state index in [1.807, 2.05) is 0 Å². The van der Waals surface area contributed by atoms with E-state index in [0.29, 0.717) is 6.07 Å². The lowest BCUT2D eigenvalue weighted by Crippen LogP contribution is -2.20. The molecule has 0 fully saturated rings. The first-order valence-electron chi connectivity index (χ1n) is 7.86. The Labute approximate surface area is 160 Å². The topological polar surface area (TPSA) is 59.8 Å². The van der Waals surface area contributed by atoms with Crippen molar-refractivity contribution in [2.45, 2.75) is 26.3 Å². The van der Waals surface area contributed by atoms with E-state index in [4.69, 9.17) is 11.6 Å². The number of hydrogen-bond acceptors (Lipinski definition) is 3. The number of amides is 1. The summed E-state index contributed by atoms with van der Waals surface area (Å²) < 4.78 is 66.8. The van der Waals surface area contributed by atoms with E-state index < -0.39 is 42.4 Å². The molecular weight excluding hydrogens is 407 g/mol. The van der Waals surface area contributed by atoms with E-state index in [0.717, 1.165) is 10.7 Å². The van der Waals surface area contributed by atoms with Gasteiger partial charge in [0.25, 0.3) is 12.9 Å². The second kappa shape index (κ2) is 7.70. The maximum absolute atomic E-state index is 13.3. The number of pyridine rings is 1. The Morgan fingerprint density at radius 3 is 2.54 bits per heavy atom. The van der Waals surface area contributed by atoms with Gasteiger partial charge in [0.05, 0.1) is 16.1 Å². The summed E-state index contributed by atoms with van der Waals surface area (Å²) in [5, 5.41) is 6.12. The van der Waals surface area contributed by atoms with Crippen LogP contribution in [0.2, 0.25) is 5.02 Å². The molecule has 1 aromatic carbocycles. The Morgan fingerprint density at radius 2 is 1.93 bits per heavy atom. The van der Waals surface area contributed by atoms with Crippen LogP contribution in [0.15, 0.2) is 24.3 Å². The van der Waals surface area contributed by atoms with Crippen molar-refractivity contribution in [3.05, 3.63) is 52.1 Å². The Kier molecular flexibility index (Phi) is 5.50. The summed E-state index contributed by atoms with van der Waals surface area (Å²) in [6.07, 6.45) is -6.09. The van der Waals surface area contributed by atoms with Gasteiger partial charge in [0, 0.05) is 11.3 Å². The number of nitrogens with zero attached hydrogens (tertiary/aromatic N) is 3. The fraction of sp³-hybridized carbons (Fsp3) is 0.235. The van der Waals surface area contributed by atoms with E-state index in [1.54, 1.807) is 0 Å². The number of benzene rings is 1. The summed E-state index contributed by atoms with van der Waals surface area (Å²) in [6.45, 7) is 0.924. The monoisotopic (exact) mass is 418 g/mol. The van der Waals surface area contributed by atoms with Crippen molar-refractivity contribution < 1.29 is 26.7 Å². The van der Waals surface area contributed by atoms with Gasteiger partial charge in [-0.1, -0.05) is 11.6 Å². The molecule has 0 radical (unpaired) electrons. The molecule has 2 aromatic heterocycles. The van der Waals surface area contributed by atoms with Gasteiger partial charge in [0.15, 0.2) is 5.65 Å². The quantitative estimate of drug-likeness (QED) is 0.590. The molecule has 0 aliphatic carbocycles. The molecule has 5 nitrogen and oxygen atoms in total. The number of halogens is 6. The highest BCUT2D eigenvalue weighted by Crippen LogP contribution is 2.32. The molecule has 0 aliphatic heterocycles. The summed E-state index contributed by atoms with van der Waals surface area (Å²) in [4.78, 5) is 15.9. The molecule has 0 spiro atoms. The predicted octanol–water partition coefficient (Wildman–Crippen LogP) is 5.05. The van der Waals surface area contributed by atoms with Crippen molar-refractivity contribution in [3.63, 3.8) is 0 Å². The number of aryl methyl sites for hydroxylation is 1. The molecule has 11 heteroatoms. The van der Waals surface area contributed by atoms with Gasteiger partial charge >= 0.3 is 0 Å². The average molecular weight is 419 g/mol. The maximum atomic E-state index is 13.3. The Balaban J connectivity index is 1.96. The minimum absolute atomic E-state index is 0.0861. The lowest BCUT2D eigenvalue weighted by atomic mass is 10.1. The van der Waals surface area contributed by atoms with E-state index in [-0.39, 0.29) is 27.4 Å². The zero-order chi connectivity index (χ0) is 20.6. The summed E-state index contributed by atoms with van der Waals surface area (Å²) in [6, 6.07) is 4.14. The van der Waals surface area contributed by atoms with Crippen LogP contribution in [0.4, 0.5) is 27.6 Å². The van der Waals surface area contributed by atoms with Gasteiger partial charge in [-0.15, -0.1) is 0 Å². The van der Waals surface area contributed by atoms with Crippen molar-refractivity contribution in [2.75, 3.05) is 5.32 Å². The van der Waals surface area contributed by atoms with Gasteiger partial charge < -0.3 is 5.32 Å². The first-order valence-corrected chi connectivity index (χ1v) is 8.24. The maximum Gasteiger partial charge on any atom is 0.280 e. The van der Waals surface area contributed by atoms with Crippen LogP contribution >= 0.6 is 11.6 Å². The van der Waals surface area contributed by atoms with Crippen molar-refractivity contribution in [3.8, 4) is 0 Å². The van der Waals surface area contributed by atoms with Gasteiger partial charge in [0.2, 0.25) is 5.91 Å². The molecule has 3 rings (SSSR count). The first-order chi connectivity index (χ1) is 13.2. The number of hydrogen-bond donors (Lipinski definition) is 1. The second-order valence-corrected chi connectivity index (χ2v) is 6.26. The second-order valence-electron chi connectivity index (χ2n) is 5.86. The lowest BCUT2D eigenvalue weighted by molar-refractivity contribution is -0.116. The van der Waals surface area contributed by atoms with Gasteiger partial charge in [-0.3, -0.25) is 4.79 Å². The third-order valence-electron chi connectivity index (χ3n) is 3.88. The number of carbonyl (C=O) groups excluding carboxylic acids is 1. The molecule has 1 N–H and O–H groups in total. The van der Waals surface area contributed by atoms with Gasteiger partial charge in [-0.05, 0) is 31.2 Å². The molecule has 1 amide bonds. The molecule has 3 aromatic rings. The molecule has 0 aliphatic rings. The number of fused-ring (bicyclic) bond motifs is 1. The smallest absolute Gasteiger partial charge is 0.280 e. The molecule has 0 atom stereocenters. The molecule has 0 saturated heterocycles. The molecule has 2 heterocycles. The SMILES string of the molecule is Cc1nn(CC(=O)Nc2ccc(F)c(Cl)c2)c2nc(C(F)F)cc(C(F)F)c12. The number of nitrogens with one attached hydrogen (secondary N) is 1. The van der Waals surface area contributed by atoms with Crippen LogP contribution in [0.25, 0.3) is 11.0 Å². The van der Waals surface area contributed by atoms with E-state index in [1.165, 1.54) is 19.1 Å². The predicted molar refractivity (Wildman–Crippen MR) is 92.2 cm³/mol. The first kappa shape index (κ1) is 20.0. The van der Waals surface area contributed by atoms with E-state index in [2.05, 4.69) is 15.4 Å². The number of anilines is 1. The third kappa shape index (κ3) is 3.91. The summed E-state index contributed by atoms with van der Waals surface area (Å²) in [7, 11) is 0. The lowest BCUT2D eigenvalue weighted by Gasteiger charge is -2.09. The Bertz CT molecular complexity index is 1050. The molecule has 148 valence electrons. The zero-order valence-electron chi connectivity index (χ0n) is 14.2. The average Bonchev–Trinajstić information content (AvgIpc) is 2.93. The summed E-state index contributed by atoms with van der Waals surface area (Å²) in [5.41, 5.74) is -1.40. The number of rotatable bonds is 5. The molecular formula is C17H12ClF5N4O. The molecule has 28 heavy (non-hydrogen) atoms. The summed E-state index contributed by atoms with van der Waals surface area (Å²) >= 11 is 5.64. The van der Waals surface area contributed by atoms with Crippen LogP contribution in [0.1, 0.15) is 29.8 Å². The van der Waals surface area contributed by atoms with Crippen molar-refractivity contribution >= 4 is 34.2 Å². The minimum Gasteiger partial charge on any atom is -0.324 e. The normalized spacial score (nSPS) is 11.6. The van der Waals surface area contributed by atoms with Crippen molar-refractivity contribution in [2.24, 2.45) is 0 Å². The largest absolute Gasteiger partial charge is 0.324 e. The number of carbonyl (C=O) groups is 1. The van der Waals surface area contributed by atoms with Gasteiger partial charge in [-0.25, -0.2) is 31.6 Å². The van der Waals surface area contributed by atoms with Crippen molar-refractivity contribution in [1.29, 1.82) is 0 Å². The fourth-order valence-corrected chi connectivity index (χ4v) is 2.89. The Morgan fingerprint density at radius 1 is 1.21 bits per heavy atom. The number of alkyl halides is 4. The van der Waals surface area contributed by atoms with Crippen LogP contribution in [0.5, 0.6) is 0 Å². The fourth-order valence-electron chi connectivity index (χ4n) is 2.71. The highest BCUT2D eigenvalue weighted by atomic mass is 35.5. The van der Waals surface area contributed by atoms with Gasteiger partial charge in [0.1, 0.15) is 18.1 Å². The van der Waals surface area contributed by atoms with Crippen LogP contribution in [-0.4, -0.2) is 20.7 Å². The zero-order valence-corrected chi connectivity index (χ0v) is 14.9. The third-order valence-corrected chi connectivity index (χ3v) is 4.17. The standard InChI is InChI=1S/C17H12ClF5N4O/c1-7-14-9(15(20)21)5-12(16(22)23)25-17(14)27(26-7)6-13(28)24-8-2-3-11(19)10(18)4-8/h2-5,15-16H,6H2,1H3,(H,24,28). The molecule has 0 unspecified atom stereocenters. The van der Waals surface area contributed by atoms with Crippen LogP contribution in [0.3, 0.4) is 0 Å². The van der Waals surface area contributed by atoms with E-state index in [9.17, 15) is 26.7 Å². The van der Waals surface area contributed by atoms with Gasteiger partial charge in [-0.2, -0.15) is 5.10 Å². The van der Waals surface area contributed by atoms with E-state index >= 15 is 0 Å². The molecule has 0 bridgehead atoms.